The monoisotopic (exact) mass is 282 g/mol. The molecule has 19 heavy (non-hydrogen) atoms. The summed E-state index contributed by atoms with van der Waals surface area (Å²) in [6.07, 6.45) is 0.754. The lowest BCUT2D eigenvalue weighted by molar-refractivity contribution is -0.141. The number of carbonyl (C=O) groups is 2. The fourth-order valence-corrected chi connectivity index (χ4v) is 3.65. The molecule has 1 aromatic heterocycles. The van der Waals surface area contributed by atoms with Crippen LogP contribution in [0.5, 0.6) is 0 Å². The van der Waals surface area contributed by atoms with Crippen molar-refractivity contribution in [2.75, 3.05) is 5.75 Å². The van der Waals surface area contributed by atoms with Crippen molar-refractivity contribution in [1.82, 2.24) is 9.47 Å². The molecule has 1 saturated heterocycles. The molecule has 2 unspecified atom stereocenters. The van der Waals surface area contributed by atoms with Crippen LogP contribution in [0.2, 0.25) is 0 Å². The molecule has 5 nitrogen and oxygen atoms in total. The van der Waals surface area contributed by atoms with Crippen LogP contribution in [0.3, 0.4) is 0 Å². The summed E-state index contributed by atoms with van der Waals surface area (Å²) in [5.74, 6) is -0.661. The summed E-state index contributed by atoms with van der Waals surface area (Å²) in [4.78, 5) is 25.4. The number of nitrogens with zero attached hydrogens (tertiary/aromatic N) is 2. The van der Waals surface area contributed by atoms with Crippen molar-refractivity contribution in [1.29, 1.82) is 0 Å². The highest BCUT2D eigenvalue weighted by Gasteiger charge is 2.41. The van der Waals surface area contributed by atoms with Crippen LogP contribution >= 0.6 is 11.8 Å². The summed E-state index contributed by atoms with van der Waals surface area (Å²) in [7, 11) is 1.82. The Labute approximate surface area is 116 Å². The minimum absolute atomic E-state index is 0.0520. The Morgan fingerprint density at radius 3 is 2.63 bits per heavy atom. The van der Waals surface area contributed by atoms with Crippen molar-refractivity contribution in [3.8, 4) is 0 Å². The third-order valence-electron chi connectivity index (χ3n) is 3.55. The number of hydrogen-bond acceptors (Lipinski definition) is 3. The van der Waals surface area contributed by atoms with E-state index in [9.17, 15) is 14.7 Å². The van der Waals surface area contributed by atoms with E-state index in [1.54, 1.807) is 10.6 Å². The average molecular weight is 282 g/mol. The molecule has 0 radical (unpaired) electrons. The Kier molecular flexibility index (Phi) is 3.89. The lowest BCUT2D eigenvalue weighted by Gasteiger charge is -2.26. The highest BCUT2D eigenvalue weighted by Crippen LogP contribution is 2.32. The van der Waals surface area contributed by atoms with E-state index in [0.29, 0.717) is 11.4 Å². The molecule has 1 aliphatic heterocycles. The normalized spacial score (nSPS) is 22.8. The standard InChI is InChI=1S/C13H18N2O3S/c1-4-11-15(10(7-19-11)13(17)18)12(16)9-6-5-8(2)14(9)3/h5-6,10-11H,4,7H2,1-3H3,(H,17,18). The van der Waals surface area contributed by atoms with Gasteiger partial charge in [-0.3, -0.25) is 4.79 Å². The third kappa shape index (κ3) is 2.36. The molecule has 0 aromatic carbocycles. The van der Waals surface area contributed by atoms with Crippen molar-refractivity contribution >= 4 is 23.6 Å². The third-order valence-corrected chi connectivity index (χ3v) is 5.01. The molecule has 6 heteroatoms. The van der Waals surface area contributed by atoms with Crippen molar-refractivity contribution in [3.63, 3.8) is 0 Å². The van der Waals surface area contributed by atoms with E-state index >= 15 is 0 Å². The first-order valence-corrected chi connectivity index (χ1v) is 7.31. The summed E-state index contributed by atoms with van der Waals surface area (Å²) in [6, 6.07) is 2.90. The van der Waals surface area contributed by atoms with Crippen LogP contribution in [0.1, 0.15) is 29.5 Å². The van der Waals surface area contributed by atoms with E-state index in [1.807, 2.05) is 27.0 Å². The number of hydrogen-bond donors (Lipinski definition) is 1. The van der Waals surface area contributed by atoms with Gasteiger partial charge in [0.2, 0.25) is 0 Å². The lowest BCUT2D eigenvalue weighted by atomic mass is 10.2. The highest BCUT2D eigenvalue weighted by molar-refractivity contribution is 8.00. The summed E-state index contributed by atoms with van der Waals surface area (Å²) < 4.78 is 1.80. The van der Waals surface area contributed by atoms with Crippen LogP contribution in [-0.2, 0) is 11.8 Å². The number of amides is 1. The molecule has 0 bridgehead atoms. The predicted molar refractivity (Wildman–Crippen MR) is 74.3 cm³/mol. The zero-order valence-corrected chi connectivity index (χ0v) is 12.1. The number of carboxylic acids is 1. The molecular formula is C13H18N2O3S. The van der Waals surface area contributed by atoms with E-state index in [4.69, 9.17) is 0 Å². The molecule has 1 fully saturated rings. The van der Waals surface area contributed by atoms with Gasteiger partial charge in [0.15, 0.2) is 0 Å². The maximum Gasteiger partial charge on any atom is 0.327 e. The smallest absolute Gasteiger partial charge is 0.327 e. The molecule has 104 valence electrons. The fraction of sp³-hybridized carbons (Fsp3) is 0.538. The van der Waals surface area contributed by atoms with Gasteiger partial charge in [0.25, 0.3) is 5.91 Å². The number of aromatic nitrogens is 1. The second-order valence-corrected chi connectivity index (χ2v) is 5.89. The molecule has 1 aromatic rings. The van der Waals surface area contributed by atoms with Gasteiger partial charge >= 0.3 is 5.97 Å². The maximum absolute atomic E-state index is 12.6. The second kappa shape index (κ2) is 5.28. The molecule has 1 amide bonds. The van der Waals surface area contributed by atoms with Gasteiger partial charge in [-0.2, -0.15) is 0 Å². The van der Waals surface area contributed by atoms with E-state index in [2.05, 4.69) is 0 Å². The van der Waals surface area contributed by atoms with Gasteiger partial charge in [-0.25, -0.2) is 4.79 Å². The van der Waals surface area contributed by atoms with Crippen LogP contribution in [0.15, 0.2) is 12.1 Å². The summed E-state index contributed by atoms with van der Waals surface area (Å²) in [5, 5.41) is 9.20. The Morgan fingerprint density at radius 1 is 1.47 bits per heavy atom. The van der Waals surface area contributed by atoms with Crippen molar-refractivity contribution in [2.24, 2.45) is 7.05 Å². The van der Waals surface area contributed by atoms with Gasteiger partial charge in [0.1, 0.15) is 11.7 Å². The predicted octanol–water partition coefficient (Wildman–Crippen LogP) is 1.71. The van der Waals surface area contributed by atoms with Crippen molar-refractivity contribution < 1.29 is 14.7 Å². The van der Waals surface area contributed by atoms with Crippen molar-refractivity contribution in [3.05, 3.63) is 23.5 Å². The van der Waals surface area contributed by atoms with Crippen molar-refractivity contribution in [2.45, 2.75) is 31.7 Å². The quantitative estimate of drug-likeness (QED) is 0.917. The Hall–Kier alpha value is -1.43. The van der Waals surface area contributed by atoms with E-state index in [-0.39, 0.29) is 11.3 Å². The highest BCUT2D eigenvalue weighted by atomic mass is 32.2. The number of carbonyl (C=O) groups excluding carboxylic acids is 1. The molecule has 1 N–H and O–H groups in total. The number of rotatable bonds is 3. The van der Waals surface area contributed by atoms with Gasteiger partial charge < -0.3 is 14.6 Å². The first-order valence-electron chi connectivity index (χ1n) is 6.26. The summed E-state index contributed by atoms with van der Waals surface area (Å²) >= 11 is 1.54. The van der Waals surface area contributed by atoms with Crippen LogP contribution in [0, 0.1) is 6.92 Å². The van der Waals surface area contributed by atoms with Crippen LogP contribution in [0.4, 0.5) is 0 Å². The van der Waals surface area contributed by atoms with E-state index < -0.39 is 12.0 Å². The van der Waals surface area contributed by atoms with Gasteiger partial charge in [0, 0.05) is 18.5 Å². The zero-order chi connectivity index (χ0) is 14.2. The summed E-state index contributed by atoms with van der Waals surface area (Å²) in [6.45, 7) is 3.89. The molecule has 0 saturated carbocycles. The molecule has 0 aliphatic carbocycles. The minimum Gasteiger partial charge on any atom is -0.480 e. The van der Waals surface area contributed by atoms with E-state index in [0.717, 1.165) is 12.1 Å². The first kappa shape index (κ1) is 14.0. The van der Waals surface area contributed by atoms with Crippen LogP contribution in [-0.4, -0.2) is 43.6 Å². The van der Waals surface area contributed by atoms with E-state index in [1.165, 1.54) is 16.7 Å². The topological polar surface area (TPSA) is 62.5 Å². The number of carboxylic acid groups (broad SMARTS) is 1. The minimum atomic E-state index is -0.928. The van der Waals surface area contributed by atoms with Gasteiger partial charge in [-0.15, -0.1) is 11.8 Å². The molecular weight excluding hydrogens is 264 g/mol. The Bertz CT molecular complexity index is 512. The second-order valence-electron chi connectivity index (χ2n) is 4.68. The molecule has 2 atom stereocenters. The lowest BCUT2D eigenvalue weighted by Crippen LogP contribution is -2.46. The number of aliphatic carboxylic acids is 1. The van der Waals surface area contributed by atoms with Crippen LogP contribution < -0.4 is 0 Å². The largest absolute Gasteiger partial charge is 0.480 e. The molecule has 1 aliphatic rings. The van der Waals surface area contributed by atoms with Crippen LogP contribution in [0.25, 0.3) is 0 Å². The first-order chi connectivity index (χ1) is 8.97. The summed E-state index contributed by atoms with van der Waals surface area (Å²) in [5.41, 5.74) is 1.53. The molecule has 0 spiro atoms. The zero-order valence-electron chi connectivity index (χ0n) is 11.3. The van der Waals surface area contributed by atoms with Gasteiger partial charge in [-0.05, 0) is 25.5 Å². The number of thioether (sulfide) groups is 1. The Morgan fingerprint density at radius 2 is 2.16 bits per heavy atom. The maximum atomic E-state index is 12.6. The Balaban J connectivity index is 2.34. The SMILES string of the molecule is CCC1SCC(C(=O)O)N1C(=O)c1ccc(C)n1C. The molecule has 2 heterocycles. The average Bonchev–Trinajstić information content (AvgIpc) is 2.94. The van der Waals surface area contributed by atoms with Gasteiger partial charge in [0.05, 0.1) is 5.37 Å². The van der Waals surface area contributed by atoms with Gasteiger partial charge in [-0.1, -0.05) is 6.92 Å². The fourth-order valence-electron chi connectivity index (χ4n) is 2.30. The molecule has 2 rings (SSSR count). The number of aryl methyl sites for hydroxylation is 1.